The van der Waals surface area contributed by atoms with Crippen LogP contribution in [0.25, 0.3) is 0 Å². The summed E-state index contributed by atoms with van der Waals surface area (Å²) in [7, 11) is -3.71. The molecule has 6 nitrogen and oxygen atoms in total. The zero-order valence-electron chi connectivity index (χ0n) is 9.93. The van der Waals surface area contributed by atoms with Crippen LogP contribution < -0.4 is 15.8 Å². The summed E-state index contributed by atoms with van der Waals surface area (Å²) in [6.07, 6.45) is 0.0345. The van der Waals surface area contributed by atoms with Gasteiger partial charge in [-0.25, -0.2) is 13.6 Å². The second-order valence-electron chi connectivity index (χ2n) is 4.12. The Morgan fingerprint density at radius 2 is 2.22 bits per heavy atom. The number of hydrogen-bond donors (Lipinski definition) is 3. The molecule has 1 fully saturated rings. The van der Waals surface area contributed by atoms with Crippen LogP contribution in [0.2, 0.25) is 0 Å². The molecule has 0 aromatic heterocycles. The number of nitrogens with one attached hydrogen (secondary N) is 2. The number of anilines is 1. The topological polar surface area (TPSA) is 93.5 Å². The van der Waals surface area contributed by atoms with Crippen molar-refractivity contribution in [3.05, 3.63) is 24.3 Å². The number of para-hydroxylation sites is 1. The zero-order chi connectivity index (χ0) is 13.0. The first kappa shape index (κ1) is 13.3. The van der Waals surface area contributed by atoms with Crippen LogP contribution in [-0.2, 0) is 14.8 Å². The first-order valence-corrected chi connectivity index (χ1v) is 7.30. The highest BCUT2D eigenvalue weighted by atomic mass is 32.2. The molecule has 1 aliphatic heterocycles. The summed E-state index contributed by atoms with van der Waals surface area (Å²) in [4.78, 5) is 0.105. The third-order valence-electron chi connectivity index (χ3n) is 2.72. The average molecular weight is 271 g/mol. The highest BCUT2D eigenvalue weighted by molar-refractivity contribution is 7.89. The summed E-state index contributed by atoms with van der Waals surface area (Å²) in [5.74, 6) is 0. The molecule has 0 saturated carbocycles. The summed E-state index contributed by atoms with van der Waals surface area (Å²) in [5.41, 5.74) is 0.508. The van der Waals surface area contributed by atoms with Gasteiger partial charge in [-0.2, -0.15) is 0 Å². The van der Waals surface area contributed by atoms with Gasteiger partial charge in [0.05, 0.1) is 18.4 Å². The molecule has 1 heterocycles. The molecule has 1 aromatic rings. The van der Waals surface area contributed by atoms with Crippen molar-refractivity contribution >= 4 is 15.7 Å². The Hall–Kier alpha value is -1.15. The normalized spacial score (nSPS) is 20.6. The maximum absolute atomic E-state index is 11.4. The molecule has 0 amide bonds. The fourth-order valence-corrected chi connectivity index (χ4v) is 2.55. The van der Waals surface area contributed by atoms with Crippen LogP contribution >= 0.6 is 0 Å². The number of primary sulfonamides is 1. The lowest BCUT2D eigenvalue weighted by Crippen LogP contribution is -2.42. The average Bonchev–Trinajstić information content (AvgIpc) is 2.37. The minimum atomic E-state index is -3.71. The summed E-state index contributed by atoms with van der Waals surface area (Å²) in [5, 5.41) is 11.4. The Kier molecular flexibility index (Phi) is 4.18. The molecule has 7 heteroatoms. The molecule has 18 heavy (non-hydrogen) atoms. The van der Waals surface area contributed by atoms with E-state index in [1.165, 1.54) is 6.07 Å². The zero-order valence-corrected chi connectivity index (χ0v) is 10.7. The molecule has 0 radical (unpaired) electrons. The number of morpholine rings is 1. The molecule has 0 bridgehead atoms. The maximum atomic E-state index is 11.4. The van der Waals surface area contributed by atoms with Gasteiger partial charge in [-0.15, -0.1) is 0 Å². The van der Waals surface area contributed by atoms with Crippen LogP contribution in [0.3, 0.4) is 0 Å². The van der Waals surface area contributed by atoms with Gasteiger partial charge in [0.2, 0.25) is 10.0 Å². The van der Waals surface area contributed by atoms with Gasteiger partial charge in [0.1, 0.15) is 4.90 Å². The molecule has 2 rings (SSSR count). The monoisotopic (exact) mass is 271 g/mol. The minimum absolute atomic E-state index is 0.0345. The van der Waals surface area contributed by atoms with Crippen molar-refractivity contribution < 1.29 is 13.2 Å². The second kappa shape index (κ2) is 5.66. The first-order valence-electron chi connectivity index (χ1n) is 5.75. The molecule has 4 N–H and O–H groups in total. The molecule has 1 aliphatic rings. The third-order valence-corrected chi connectivity index (χ3v) is 3.69. The molecule has 1 saturated heterocycles. The fraction of sp³-hybridized carbons (Fsp3) is 0.455. The van der Waals surface area contributed by atoms with Crippen LogP contribution in [-0.4, -0.2) is 40.8 Å². The van der Waals surface area contributed by atoms with E-state index in [1.807, 2.05) is 0 Å². The molecule has 1 aromatic carbocycles. The number of nitrogens with two attached hydrogens (primary N) is 1. The Morgan fingerprint density at radius 3 is 2.89 bits per heavy atom. The predicted octanol–water partition coefficient (Wildman–Crippen LogP) is -0.266. The van der Waals surface area contributed by atoms with E-state index in [-0.39, 0.29) is 11.0 Å². The number of hydrogen-bond acceptors (Lipinski definition) is 5. The molecular formula is C11H17N3O3S. The largest absolute Gasteiger partial charge is 0.381 e. The smallest absolute Gasteiger partial charge is 0.240 e. The van der Waals surface area contributed by atoms with Gasteiger partial charge in [-0.1, -0.05) is 12.1 Å². The van der Waals surface area contributed by atoms with E-state index in [4.69, 9.17) is 9.88 Å². The summed E-state index contributed by atoms with van der Waals surface area (Å²) >= 11 is 0. The van der Waals surface area contributed by atoms with E-state index in [0.29, 0.717) is 18.8 Å². The molecule has 0 spiro atoms. The van der Waals surface area contributed by atoms with Crippen molar-refractivity contribution in [2.75, 3.05) is 31.6 Å². The fourth-order valence-electron chi connectivity index (χ4n) is 1.84. The van der Waals surface area contributed by atoms with Crippen molar-refractivity contribution in [2.45, 2.75) is 11.0 Å². The van der Waals surface area contributed by atoms with E-state index < -0.39 is 10.0 Å². The van der Waals surface area contributed by atoms with E-state index in [0.717, 1.165) is 13.1 Å². The minimum Gasteiger partial charge on any atom is -0.381 e. The highest BCUT2D eigenvalue weighted by Crippen LogP contribution is 2.19. The van der Waals surface area contributed by atoms with Crippen LogP contribution in [0.4, 0.5) is 5.69 Å². The van der Waals surface area contributed by atoms with Crippen LogP contribution in [0, 0.1) is 0 Å². The van der Waals surface area contributed by atoms with Crippen molar-refractivity contribution in [3.8, 4) is 0 Å². The van der Waals surface area contributed by atoms with Crippen molar-refractivity contribution in [1.82, 2.24) is 5.32 Å². The molecule has 1 unspecified atom stereocenters. The number of rotatable bonds is 4. The number of sulfonamides is 1. The van der Waals surface area contributed by atoms with E-state index >= 15 is 0 Å². The lowest BCUT2D eigenvalue weighted by atomic mass is 10.2. The van der Waals surface area contributed by atoms with Crippen molar-refractivity contribution in [2.24, 2.45) is 5.14 Å². The first-order chi connectivity index (χ1) is 8.57. The molecular weight excluding hydrogens is 254 g/mol. The van der Waals surface area contributed by atoms with Crippen LogP contribution in [0.15, 0.2) is 29.2 Å². The maximum Gasteiger partial charge on any atom is 0.240 e. The van der Waals surface area contributed by atoms with E-state index in [9.17, 15) is 8.42 Å². The molecule has 100 valence electrons. The standard InChI is InChI=1S/C11H17N3O3S/c12-18(15,16)11-4-2-1-3-10(11)14-8-9-7-13-5-6-17-9/h1-4,9,13-14H,5-8H2,(H2,12,15,16). The molecule has 0 aliphatic carbocycles. The Morgan fingerprint density at radius 1 is 1.44 bits per heavy atom. The highest BCUT2D eigenvalue weighted by Gasteiger charge is 2.16. The van der Waals surface area contributed by atoms with Gasteiger partial charge in [-0.05, 0) is 12.1 Å². The van der Waals surface area contributed by atoms with Crippen LogP contribution in [0.5, 0.6) is 0 Å². The van der Waals surface area contributed by atoms with Gasteiger partial charge < -0.3 is 15.4 Å². The van der Waals surface area contributed by atoms with E-state index in [2.05, 4.69) is 10.6 Å². The summed E-state index contributed by atoms with van der Waals surface area (Å²) in [6, 6.07) is 6.58. The van der Waals surface area contributed by atoms with Crippen molar-refractivity contribution in [3.63, 3.8) is 0 Å². The molecule has 1 atom stereocenters. The number of ether oxygens (including phenoxy) is 1. The SMILES string of the molecule is NS(=O)(=O)c1ccccc1NCC1CNCCO1. The van der Waals surface area contributed by atoms with E-state index in [1.54, 1.807) is 18.2 Å². The second-order valence-corrected chi connectivity index (χ2v) is 5.65. The van der Waals surface area contributed by atoms with Gasteiger partial charge in [0.25, 0.3) is 0 Å². The van der Waals surface area contributed by atoms with Crippen molar-refractivity contribution in [1.29, 1.82) is 0 Å². The Labute approximate surface area is 107 Å². The predicted molar refractivity (Wildman–Crippen MR) is 68.9 cm³/mol. The van der Waals surface area contributed by atoms with Gasteiger partial charge in [0.15, 0.2) is 0 Å². The lowest BCUT2D eigenvalue weighted by molar-refractivity contribution is 0.0372. The lowest BCUT2D eigenvalue weighted by Gasteiger charge is -2.24. The third kappa shape index (κ3) is 3.42. The summed E-state index contributed by atoms with van der Waals surface area (Å²) in [6.45, 7) is 2.82. The van der Waals surface area contributed by atoms with Gasteiger partial charge in [0, 0.05) is 19.6 Å². The number of benzene rings is 1. The summed E-state index contributed by atoms with van der Waals surface area (Å²) < 4.78 is 28.3. The van der Waals surface area contributed by atoms with Gasteiger partial charge >= 0.3 is 0 Å². The Bertz CT molecular complexity index is 498. The quantitative estimate of drug-likeness (QED) is 0.701. The van der Waals surface area contributed by atoms with Crippen LogP contribution in [0.1, 0.15) is 0 Å². The van der Waals surface area contributed by atoms with Gasteiger partial charge in [-0.3, -0.25) is 0 Å². The Balaban J connectivity index is 2.05.